The minimum Gasteiger partial charge on any atom is -0.469 e. The van der Waals surface area contributed by atoms with E-state index in [0.29, 0.717) is 5.02 Å². The van der Waals surface area contributed by atoms with Crippen molar-refractivity contribution in [1.82, 2.24) is 4.57 Å². The Kier molecular flexibility index (Phi) is 9.28. The molecule has 0 bridgehead atoms. The standard InChI is InChI=1S/C19H23ClN2O2.ClHO4/c1-12(2)21-18(14-6-8-15(20)9-7-14)19-13(3)10-16(22(19)4)11-17(23)24-5;2-1(3,4)5/h6-10,12H,11H2,1-5H3;(H,2,3,4,5). The molecule has 0 atom stereocenters. The lowest BCUT2D eigenvalue weighted by Crippen LogP contribution is -2.58. The number of nitrogens with zero attached hydrogens (tertiary/aromatic N) is 2. The second-order valence-electron chi connectivity index (χ2n) is 6.45. The molecule has 10 heteroatoms. The van der Waals surface area contributed by atoms with Gasteiger partial charge in [0.15, 0.2) is 0 Å². The van der Waals surface area contributed by atoms with Gasteiger partial charge in [-0.25, -0.2) is 0 Å². The molecule has 1 aromatic heterocycles. The van der Waals surface area contributed by atoms with E-state index >= 15 is 0 Å². The zero-order chi connectivity index (χ0) is 22.4. The minimum atomic E-state index is -4.69. The van der Waals surface area contributed by atoms with Gasteiger partial charge in [-0.2, -0.15) is 14.0 Å². The number of halogens is 2. The van der Waals surface area contributed by atoms with Crippen LogP contribution in [0, 0.1) is 17.2 Å². The third kappa shape index (κ3) is 8.53. The molecule has 160 valence electrons. The fourth-order valence-electron chi connectivity index (χ4n) is 2.70. The Morgan fingerprint density at radius 2 is 1.79 bits per heavy atom. The van der Waals surface area contributed by atoms with E-state index in [4.69, 9.17) is 40.0 Å². The largest absolute Gasteiger partial charge is 0.469 e. The SMILES string of the molecule is COC(=O)Cc1cc(C)c(C(=NC(C)C)c2ccc(Cl)cc2)n1C.[O-][Cl+3]([O-])([O-])O. The zero-order valence-corrected chi connectivity index (χ0v) is 18.3. The number of esters is 1. The van der Waals surface area contributed by atoms with Gasteiger partial charge in [0.25, 0.3) is 0 Å². The molecule has 8 nitrogen and oxygen atoms in total. The summed E-state index contributed by atoms with van der Waals surface area (Å²) in [4.78, 5) is 16.4. The lowest BCUT2D eigenvalue weighted by atomic mass is 10.0. The molecule has 2 aromatic rings. The zero-order valence-electron chi connectivity index (χ0n) is 16.8. The van der Waals surface area contributed by atoms with Gasteiger partial charge in [-0.05, 0) is 44.5 Å². The predicted octanol–water partition coefficient (Wildman–Crippen LogP) is -0.176. The number of aliphatic imine (C=N–C) groups is 1. The quantitative estimate of drug-likeness (QED) is 0.500. The number of ether oxygens (including phenoxy) is 1. The highest BCUT2D eigenvalue weighted by atomic mass is 35.7. The molecule has 0 saturated heterocycles. The maximum absolute atomic E-state index is 11.6. The van der Waals surface area contributed by atoms with E-state index in [1.54, 1.807) is 0 Å². The Bertz CT molecular complexity index is 849. The first-order valence-electron chi connectivity index (χ1n) is 8.52. The number of hydrogen-bond acceptors (Lipinski definition) is 7. The second kappa shape index (κ2) is 10.7. The van der Waals surface area contributed by atoms with E-state index < -0.39 is 10.2 Å². The lowest BCUT2D eigenvalue weighted by molar-refractivity contribution is -1.92. The van der Waals surface area contributed by atoms with Crippen molar-refractivity contribution in [3.05, 3.63) is 57.9 Å². The highest BCUT2D eigenvalue weighted by molar-refractivity contribution is 6.30. The molecular formula is C19H24Cl2N2O6. The van der Waals surface area contributed by atoms with Crippen molar-refractivity contribution in [3.63, 3.8) is 0 Å². The molecule has 1 N–H and O–H groups in total. The first-order chi connectivity index (χ1) is 13.3. The van der Waals surface area contributed by atoms with Crippen LogP contribution >= 0.6 is 11.6 Å². The maximum Gasteiger partial charge on any atom is 0.311 e. The highest BCUT2D eigenvalue weighted by Gasteiger charge is 2.19. The lowest BCUT2D eigenvalue weighted by Gasteiger charge is -2.13. The minimum absolute atomic E-state index is 0.147. The molecular weight excluding hydrogens is 423 g/mol. The fraction of sp³-hybridized carbons (Fsp3) is 0.368. The number of rotatable bonds is 5. The van der Waals surface area contributed by atoms with Crippen molar-refractivity contribution in [3.8, 4) is 0 Å². The van der Waals surface area contributed by atoms with E-state index in [1.165, 1.54) is 7.11 Å². The molecule has 0 radical (unpaired) electrons. The summed E-state index contributed by atoms with van der Waals surface area (Å²) >= 11 is 6.01. The van der Waals surface area contributed by atoms with E-state index in [-0.39, 0.29) is 18.4 Å². The van der Waals surface area contributed by atoms with Crippen LogP contribution in [-0.4, -0.2) is 34.1 Å². The Balaban J connectivity index is 0.000000749. The maximum atomic E-state index is 11.6. The van der Waals surface area contributed by atoms with Crippen LogP contribution in [0.4, 0.5) is 0 Å². The van der Waals surface area contributed by atoms with Crippen LogP contribution < -0.4 is 14.0 Å². The van der Waals surface area contributed by atoms with Gasteiger partial charge in [0, 0.05) is 29.4 Å². The predicted molar refractivity (Wildman–Crippen MR) is 100 cm³/mol. The third-order valence-electron chi connectivity index (χ3n) is 3.81. The summed E-state index contributed by atoms with van der Waals surface area (Å²) in [5, 5.41) is 0.692. The summed E-state index contributed by atoms with van der Waals surface area (Å²) in [6.07, 6.45) is 0.240. The van der Waals surface area contributed by atoms with E-state index in [9.17, 15) is 4.79 Å². The summed E-state index contributed by atoms with van der Waals surface area (Å²) in [5.41, 5.74) is 4.88. The molecule has 0 fully saturated rings. The Labute approximate surface area is 176 Å². The number of aryl methyl sites for hydroxylation is 1. The van der Waals surface area contributed by atoms with Crippen LogP contribution in [0.15, 0.2) is 35.3 Å². The number of benzene rings is 1. The number of carbonyl (C=O) groups excluding carboxylic acids is 1. The van der Waals surface area contributed by atoms with Gasteiger partial charge in [-0.3, -0.25) is 9.79 Å². The number of carbonyl (C=O) groups is 1. The average molecular weight is 447 g/mol. The average Bonchev–Trinajstić information content (AvgIpc) is 2.85. The molecule has 29 heavy (non-hydrogen) atoms. The van der Waals surface area contributed by atoms with Crippen molar-refractivity contribution >= 4 is 23.3 Å². The normalized spacial score (nSPS) is 11.9. The van der Waals surface area contributed by atoms with Gasteiger partial charge in [0.1, 0.15) is 0 Å². The molecule has 0 aliphatic heterocycles. The summed E-state index contributed by atoms with van der Waals surface area (Å²) in [6, 6.07) is 9.82. The molecule has 0 unspecified atom stereocenters. The van der Waals surface area contributed by atoms with Crippen LogP contribution in [0.5, 0.6) is 0 Å². The summed E-state index contributed by atoms with van der Waals surface area (Å²) in [5.74, 6) is -0.254. The van der Waals surface area contributed by atoms with E-state index in [2.05, 4.69) is 0 Å². The van der Waals surface area contributed by atoms with Crippen LogP contribution in [0.1, 0.15) is 36.4 Å². The molecule has 2 rings (SSSR count). The first kappa shape index (κ1) is 25.1. The Morgan fingerprint density at radius 1 is 1.28 bits per heavy atom. The highest BCUT2D eigenvalue weighted by Crippen LogP contribution is 2.21. The smallest absolute Gasteiger partial charge is 0.311 e. The van der Waals surface area contributed by atoms with Gasteiger partial charge >= 0.3 is 5.97 Å². The van der Waals surface area contributed by atoms with Crippen LogP contribution in [0.25, 0.3) is 0 Å². The molecule has 1 aromatic carbocycles. The van der Waals surface area contributed by atoms with Crippen molar-refractivity contribution in [2.45, 2.75) is 33.2 Å². The van der Waals surface area contributed by atoms with Gasteiger partial charge in [-0.1, -0.05) is 23.7 Å². The molecule has 0 amide bonds. The van der Waals surface area contributed by atoms with E-state index in [0.717, 1.165) is 28.2 Å². The molecule has 0 saturated carbocycles. The van der Waals surface area contributed by atoms with Crippen LogP contribution in [-0.2, 0) is 23.0 Å². The third-order valence-corrected chi connectivity index (χ3v) is 4.06. The number of methoxy groups -OCH3 is 1. The number of aromatic nitrogens is 1. The second-order valence-corrected chi connectivity index (χ2v) is 7.68. The fourth-order valence-corrected chi connectivity index (χ4v) is 2.82. The van der Waals surface area contributed by atoms with Gasteiger partial charge < -0.3 is 9.30 Å². The monoisotopic (exact) mass is 446 g/mol. The van der Waals surface area contributed by atoms with Crippen molar-refractivity contribution in [1.29, 1.82) is 0 Å². The summed E-state index contributed by atoms with van der Waals surface area (Å²) in [7, 11) is -1.34. The molecule has 0 aliphatic carbocycles. The summed E-state index contributed by atoms with van der Waals surface area (Å²) in [6.45, 7) is 6.12. The van der Waals surface area contributed by atoms with Gasteiger partial charge in [0.2, 0.25) is 0 Å². The van der Waals surface area contributed by atoms with Crippen molar-refractivity contribution in [2.75, 3.05) is 7.11 Å². The topological polar surface area (TPSA) is 133 Å². The van der Waals surface area contributed by atoms with Crippen molar-refractivity contribution in [2.24, 2.45) is 12.0 Å². The Morgan fingerprint density at radius 3 is 2.24 bits per heavy atom. The Hall–Kier alpha value is -1.94. The van der Waals surface area contributed by atoms with Crippen molar-refractivity contribution < 1.29 is 38.4 Å². The van der Waals surface area contributed by atoms with Gasteiger partial charge in [-0.15, -0.1) is 0 Å². The number of hydrogen-bond donors (Lipinski definition) is 1. The van der Waals surface area contributed by atoms with E-state index in [1.807, 2.05) is 62.7 Å². The molecule has 0 spiro atoms. The molecule has 0 aliphatic rings. The van der Waals surface area contributed by atoms with Crippen LogP contribution in [0.2, 0.25) is 5.02 Å². The van der Waals surface area contributed by atoms with Gasteiger partial charge in [0.05, 0.1) is 39.8 Å². The summed E-state index contributed by atoms with van der Waals surface area (Å²) < 4.78 is 39.5. The first-order valence-corrected chi connectivity index (χ1v) is 10.2. The van der Waals surface area contributed by atoms with Crippen LogP contribution in [0.3, 0.4) is 0 Å². The molecule has 1 heterocycles.